The fourth-order valence-electron chi connectivity index (χ4n) is 5.72. The van der Waals surface area contributed by atoms with Gasteiger partial charge in [0.15, 0.2) is 17.3 Å². The van der Waals surface area contributed by atoms with Gasteiger partial charge in [-0.2, -0.15) is 0 Å². The molecule has 39 heavy (non-hydrogen) atoms. The van der Waals surface area contributed by atoms with Gasteiger partial charge in [-0.15, -0.1) is 0 Å². The van der Waals surface area contributed by atoms with Crippen LogP contribution < -0.4 is 14.8 Å². The van der Waals surface area contributed by atoms with Gasteiger partial charge in [0.05, 0.1) is 19.8 Å². The molecule has 0 aliphatic carbocycles. The molecule has 1 amide bonds. The van der Waals surface area contributed by atoms with Crippen LogP contribution >= 0.6 is 15.9 Å². The number of hydrogen-bond donors (Lipinski definition) is 1. The third-order valence-electron chi connectivity index (χ3n) is 8.04. The van der Waals surface area contributed by atoms with Crippen molar-refractivity contribution >= 4 is 27.6 Å². The Bertz CT molecular complexity index is 876. The minimum Gasteiger partial charge on any atom is -0.493 e. The van der Waals surface area contributed by atoms with Crippen LogP contribution in [0.1, 0.15) is 137 Å². The van der Waals surface area contributed by atoms with Crippen LogP contribution in [-0.2, 0) is 0 Å². The molecule has 1 aliphatic heterocycles. The van der Waals surface area contributed by atoms with E-state index in [1.807, 2.05) is 0 Å². The monoisotopic (exact) mass is 608 g/mol. The average molecular weight is 610 g/mol. The van der Waals surface area contributed by atoms with E-state index in [9.17, 15) is 9.59 Å². The van der Waals surface area contributed by atoms with Gasteiger partial charge >= 0.3 is 0 Å². The van der Waals surface area contributed by atoms with E-state index in [0.717, 1.165) is 45.2 Å². The Kier molecular flexibility index (Phi) is 16.8. The Morgan fingerprint density at radius 2 is 1.49 bits per heavy atom. The van der Waals surface area contributed by atoms with Gasteiger partial charge in [-0.25, -0.2) is 0 Å². The van der Waals surface area contributed by atoms with Crippen LogP contribution in [0.15, 0.2) is 10.5 Å². The predicted octanol–water partition coefficient (Wildman–Crippen LogP) is 8.34. The number of unbranched alkanes of at least 4 members (excludes halogenated alkanes) is 12. The highest BCUT2D eigenvalue weighted by molar-refractivity contribution is 9.10. The Labute approximate surface area is 246 Å². The number of rotatable bonds is 21. The van der Waals surface area contributed by atoms with E-state index in [-0.39, 0.29) is 17.3 Å². The summed E-state index contributed by atoms with van der Waals surface area (Å²) in [7, 11) is 3.05. The molecule has 1 heterocycles. The van der Waals surface area contributed by atoms with Gasteiger partial charge in [0, 0.05) is 29.0 Å². The van der Waals surface area contributed by atoms with Gasteiger partial charge in [-0.05, 0) is 54.3 Å². The van der Waals surface area contributed by atoms with Crippen molar-refractivity contribution in [1.29, 1.82) is 0 Å². The van der Waals surface area contributed by atoms with Crippen LogP contribution in [0.25, 0.3) is 0 Å². The molecule has 0 radical (unpaired) electrons. The topological polar surface area (TPSA) is 67.9 Å². The summed E-state index contributed by atoms with van der Waals surface area (Å²) in [4.78, 5) is 29.3. The van der Waals surface area contributed by atoms with E-state index >= 15 is 0 Å². The largest absolute Gasteiger partial charge is 0.493 e. The zero-order valence-corrected chi connectivity index (χ0v) is 26.6. The lowest BCUT2D eigenvalue weighted by atomic mass is 9.97. The van der Waals surface area contributed by atoms with Gasteiger partial charge < -0.3 is 14.8 Å². The molecule has 1 aromatic rings. The first-order valence-electron chi connectivity index (χ1n) is 15.5. The lowest BCUT2D eigenvalue weighted by Gasteiger charge is -2.24. The van der Waals surface area contributed by atoms with Crippen molar-refractivity contribution in [2.45, 2.75) is 123 Å². The molecule has 6 nitrogen and oxygen atoms in total. The van der Waals surface area contributed by atoms with Crippen LogP contribution in [0.4, 0.5) is 0 Å². The summed E-state index contributed by atoms with van der Waals surface area (Å²) >= 11 is 3.55. The highest BCUT2D eigenvalue weighted by Crippen LogP contribution is 2.39. The number of hydrogen-bond acceptors (Lipinski definition) is 5. The highest BCUT2D eigenvalue weighted by Gasteiger charge is 2.29. The predicted molar refractivity (Wildman–Crippen MR) is 164 cm³/mol. The number of benzene rings is 1. The van der Waals surface area contributed by atoms with Crippen molar-refractivity contribution < 1.29 is 19.1 Å². The summed E-state index contributed by atoms with van der Waals surface area (Å²) in [5, 5.41) is 3.08. The van der Waals surface area contributed by atoms with E-state index in [2.05, 4.69) is 40.0 Å². The molecule has 0 bridgehead atoms. The number of Topliss-reactive ketones (excluding diaryl/α,β-unsaturated/α-hetero) is 1. The van der Waals surface area contributed by atoms with Crippen LogP contribution in [-0.4, -0.2) is 56.5 Å². The van der Waals surface area contributed by atoms with Crippen molar-refractivity contribution in [1.82, 2.24) is 10.2 Å². The molecule has 1 atom stereocenters. The lowest BCUT2D eigenvalue weighted by molar-refractivity contribution is 0.0917. The second kappa shape index (κ2) is 19.5. The fraction of sp³-hybridized carbons (Fsp3) is 0.750. The first kappa shape index (κ1) is 33.6. The van der Waals surface area contributed by atoms with Crippen LogP contribution in [0, 0.1) is 0 Å². The number of likely N-dealkylation sites (N-methyl/N-ethyl adjacent to an activating group) is 1. The molecule has 1 fully saturated rings. The van der Waals surface area contributed by atoms with Gasteiger partial charge in [0.2, 0.25) is 0 Å². The minimum absolute atomic E-state index is 0.0351. The fourth-order valence-corrected chi connectivity index (χ4v) is 6.35. The van der Waals surface area contributed by atoms with E-state index in [0.29, 0.717) is 40.5 Å². The third-order valence-corrected chi connectivity index (χ3v) is 8.66. The molecule has 2 rings (SSSR count). The van der Waals surface area contributed by atoms with Crippen LogP contribution in [0.3, 0.4) is 0 Å². The summed E-state index contributed by atoms with van der Waals surface area (Å²) in [5.41, 5.74) is 0.660. The molecule has 0 saturated carbocycles. The van der Waals surface area contributed by atoms with E-state index < -0.39 is 0 Å². The molecule has 222 valence electrons. The number of methoxy groups -OCH3 is 2. The molecule has 1 aromatic carbocycles. The number of amides is 1. The molecular weight excluding hydrogens is 556 g/mol. The zero-order valence-electron chi connectivity index (χ0n) is 25.0. The lowest BCUT2D eigenvalue weighted by Crippen LogP contribution is -2.40. The SMILES string of the molecule is CCCCCCCCCCCCCCCC(=O)c1c(Br)cc(OC)c(OC)c1C(=O)NCC1CCCN1CC. The number of ether oxygens (including phenoxy) is 2. The van der Waals surface area contributed by atoms with Gasteiger partial charge in [0.1, 0.15) is 0 Å². The number of ketones is 1. The minimum atomic E-state index is -0.289. The molecular formula is C32H53BrN2O4. The molecule has 0 aromatic heterocycles. The summed E-state index contributed by atoms with van der Waals surface area (Å²) in [5.74, 6) is 0.420. The van der Waals surface area contributed by atoms with Crippen molar-refractivity contribution in [3.63, 3.8) is 0 Å². The Hall–Kier alpha value is -1.60. The maximum absolute atomic E-state index is 13.5. The second-order valence-corrected chi connectivity index (χ2v) is 11.7. The van der Waals surface area contributed by atoms with E-state index in [1.165, 1.54) is 71.3 Å². The number of nitrogens with zero attached hydrogens (tertiary/aromatic N) is 1. The van der Waals surface area contributed by atoms with E-state index in [1.54, 1.807) is 13.2 Å². The summed E-state index contributed by atoms with van der Waals surface area (Å²) in [6, 6.07) is 2.05. The maximum Gasteiger partial charge on any atom is 0.256 e. The zero-order chi connectivity index (χ0) is 28.5. The first-order valence-corrected chi connectivity index (χ1v) is 16.3. The van der Waals surface area contributed by atoms with Crippen molar-refractivity contribution in [2.24, 2.45) is 0 Å². The van der Waals surface area contributed by atoms with E-state index in [4.69, 9.17) is 9.47 Å². The summed E-state index contributed by atoms with van der Waals surface area (Å²) < 4.78 is 11.7. The van der Waals surface area contributed by atoms with Crippen molar-refractivity contribution in [3.8, 4) is 11.5 Å². The maximum atomic E-state index is 13.5. The summed E-state index contributed by atoms with van der Waals surface area (Å²) in [6.07, 6.45) is 19.0. The molecule has 0 spiro atoms. The smallest absolute Gasteiger partial charge is 0.256 e. The molecule has 7 heteroatoms. The highest BCUT2D eigenvalue weighted by atomic mass is 79.9. The Balaban J connectivity index is 1.88. The van der Waals surface area contributed by atoms with Gasteiger partial charge in [-0.3, -0.25) is 14.5 Å². The number of carbonyl (C=O) groups excluding carboxylic acids is 2. The van der Waals surface area contributed by atoms with Gasteiger partial charge in [0.25, 0.3) is 5.91 Å². The first-order chi connectivity index (χ1) is 19.0. The molecule has 1 N–H and O–H groups in total. The van der Waals surface area contributed by atoms with Crippen molar-refractivity contribution in [2.75, 3.05) is 33.9 Å². The normalized spacial score (nSPS) is 15.5. The number of carbonyl (C=O) groups is 2. The molecule has 1 aliphatic rings. The van der Waals surface area contributed by atoms with Crippen molar-refractivity contribution in [3.05, 3.63) is 21.7 Å². The van der Waals surface area contributed by atoms with Gasteiger partial charge in [-0.1, -0.05) is 90.9 Å². The van der Waals surface area contributed by atoms with Crippen LogP contribution in [0.2, 0.25) is 0 Å². The Morgan fingerprint density at radius 1 is 0.897 bits per heavy atom. The number of halogens is 1. The second-order valence-electron chi connectivity index (χ2n) is 10.9. The molecule has 1 saturated heterocycles. The quantitative estimate of drug-likeness (QED) is 0.112. The number of likely N-dealkylation sites (tertiary alicyclic amines) is 1. The number of nitrogens with one attached hydrogen (secondary N) is 1. The standard InChI is InChI=1S/C32H53BrN2O4/c1-5-7-8-9-10-11-12-13-14-15-16-17-18-21-27(36)29-26(33)23-28(38-3)31(39-4)30(29)32(37)34-24-25-20-19-22-35(25)6-2/h23,25H,5-22,24H2,1-4H3,(H,34,37). The summed E-state index contributed by atoms with van der Waals surface area (Å²) in [6.45, 7) is 7.00. The molecule has 1 unspecified atom stereocenters. The Morgan fingerprint density at radius 3 is 2.03 bits per heavy atom. The third kappa shape index (κ3) is 11.1. The average Bonchev–Trinajstić information content (AvgIpc) is 3.41. The van der Waals surface area contributed by atoms with Crippen LogP contribution in [0.5, 0.6) is 11.5 Å².